The summed E-state index contributed by atoms with van der Waals surface area (Å²) < 4.78 is 36.5. The van der Waals surface area contributed by atoms with Gasteiger partial charge in [0.15, 0.2) is 0 Å². The molecule has 0 aromatic rings. The number of amides is 2. The van der Waals surface area contributed by atoms with Gasteiger partial charge >= 0.3 is 6.18 Å². The second-order valence-electron chi connectivity index (χ2n) is 5.54. The molecule has 2 atom stereocenters. The highest BCUT2D eigenvalue weighted by molar-refractivity contribution is 5.84. The van der Waals surface area contributed by atoms with Gasteiger partial charge in [0.05, 0.1) is 5.92 Å². The summed E-state index contributed by atoms with van der Waals surface area (Å²) in [6.07, 6.45) is -5.92. The molecule has 2 aliphatic rings. The van der Waals surface area contributed by atoms with E-state index in [0.717, 1.165) is 0 Å². The third-order valence-corrected chi connectivity index (χ3v) is 3.80. The van der Waals surface area contributed by atoms with Gasteiger partial charge in [0.25, 0.3) is 0 Å². The van der Waals surface area contributed by atoms with Crippen molar-refractivity contribution in [2.24, 2.45) is 11.8 Å². The van der Waals surface area contributed by atoms with Crippen LogP contribution in [0.2, 0.25) is 0 Å². The Bertz CT molecular complexity index is 395. The molecule has 0 spiro atoms. The molecule has 0 aromatic carbocycles. The Labute approximate surface area is 109 Å². The Kier molecular flexibility index (Phi) is 3.49. The first-order valence-corrected chi connectivity index (χ1v) is 6.34. The van der Waals surface area contributed by atoms with Crippen LogP contribution in [0.5, 0.6) is 0 Å². The maximum atomic E-state index is 12.2. The van der Waals surface area contributed by atoms with Gasteiger partial charge in [-0.25, -0.2) is 0 Å². The zero-order valence-corrected chi connectivity index (χ0v) is 10.9. The Morgan fingerprint density at radius 3 is 2.42 bits per heavy atom. The lowest BCUT2D eigenvalue weighted by molar-refractivity contribution is -0.160. The smallest absolute Gasteiger partial charge is 0.341 e. The van der Waals surface area contributed by atoms with E-state index in [4.69, 9.17) is 0 Å². The van der Waals surface area contributed by atoms with Gasteiger partial charge in [0.1, 0.15) is 6.42 Å². The number of fused-ring (bicyclic) bond motifs is 1. The van der Waals surface area contributed by atoms with E-state index >= 15 is 0 Å². The second kappa shape index (κ2) is 4.68. The van der Waals surface area contributed by atoms with Crippen LogP contribution in [0, 0.1) is 11.8 Å². The molecule has 2 amide bonds. The van der Waals surface area contributed by atoms with E-state index in [1.807, 2.05) is 13.8 Å². The van der Waals surface area contributed by atoms with Crippen LogP contribution in [0.4, 0.5) is 13.2 Å². The molecule has 2 heterocycles. The zero-order valence-electron chi connectivity index (χ0n) is 10.9. The lowest BCUT2D eigenvalue weighted by Crippen LogP contribution is -2.39. The fourth-order valence-electron chi connectivity index (χ4n) is 2.84. The van der Waals surface area contributed by atoms with Gasteiger partial charge < -0.3 is 9.80 Å². The second-order valence-corrected chi connectivity index (χ2v) is 5.54. The molecule has 0 aliphatic carbocycles. The Morgan fingerprint density at radius 2 is 1.95 bits per heavy atom. The van der Waals surface area contributed by atoms with Crippen molar-refractivity contribution in [3.05, 3.63) is 0 Å². The predicted octanol–water partition coefficient (Wildman–Crippen LogP) is 1.26. The van der Waals surface area contributed by atoms with Gasteiger partial charge in [-0.1, -0.05) is 0 Å². The van der Waals surface area contributed by atoms with Gasteiger partial charge in [0, 0.05) is 31.6 Å². The molecule has 0 aromatic heterocycles. The summed E-state index contributed by atoms with van der Waals surface area (Å²) in [6.45, 7) is 4.74. The highest BCUT2D eigenvalue weighted by atomic mass is 19.4. The van der Waals surface area contributed by atoms with Gasteiger partial charge in [0.2, 0.25) is 11.8 Å². The lowest BCUT2D eigenvalue weighted by atomic mass is 10.0. The Balaban J connectivity index is 1.97. The van der Waals surface area contributed by atoms with Crippen LogP contribution < -0.4 is 0 Å². The lowest BCUT2D eigenvalue weighted by Gasteiger charge is -2.24. The molecule has 2 saturated heterocycles. The minimum Gasteiger partial charge on any atom is -0.341 e. The Morgan fingerprint density at radius 1 is 1.32 bits per heavy atom. The third-order valence-electron chi connectivity index (χ3n) is 3.80. The molecule has 19 heavy (non-hydrogen) atoms. The van der Waals surface area contributed by atoms with E-state index < -0.39 is 18.5 Å². The van der Waals surface area contributed by atoms with Crippen molar-refractivity contribution in [1.82, 2.24) is 9.80 Å². The first kappa shape index (κ1) is 14.1. The summed E-state index contributed by atoms with van der Waals surface area (Å²) in [6, 6.07) is 0.0948. The van der Waals surface area contributed by atoms with E-state index in [9.17, 15) is 22.8 Å². The molecule has 108 valence electrons. The first-order chi connectivity index (χ1) is 8.69. The van der Waals surface area contributed by atoms with E-state index in [-0.39, 0.29) is 36.9 Å². The average Bonchev–Trinajstić information content (AvgIpc) is 2.76. The fourth-order valence-corrected chi connectivity index (χ4v) is 2.84. The monoisotopic (exact) mass is 278 g/mol. The normalized spacial score (nSPS) is 27.4. The molecule has 7 heteroatoms. The fraction of sp³-hybridized carbons (Fsp3) is 0.833. The predicted molar refractivity (Wildman–Crippen MR) is 61.1 cm³/mol. The SMILES string of the molecule is CC(C)N1C[C@@H]2CN(C(=O)CC(F)(F)F)C[C@@H]2C1=O. The van der Waals surface area contributed by atoms with Crippen LogP contribution in [0.1, 0.15) is 20.3 Å². The summed E-state index contributed by atoms with van der Waals surface area (Å²) in [7, 11) is 0. The molecular weight excluding hydrogens is 261 g/mol. The van der Waals surface area contributed by atoms with Crippen LogP contribution in [-0.4, -0.2) is 53.5 Å². The molecule has 0 radical (unpaired) electrons. The number of likely N-dealkylation sites (tertiary alicyclic amines) is 2. The standard InChI is InChI=1S/C12H17F3N2O2/c1-7(2)17-5-8-4-16(6-9(8)11(17)19)10(18)3-12(13,14)15/h7-9H,3-6H2,1-2H3/t8-,9-/m0/s1. The van der Waals surface area contributed by atoms with Crippen LogP contribution in [-0.2, 0) is 9.59 Å². The minimum absolute atomic E-state index is 0.0212. The van der Waals surface area contributed by atoms with Gasteiger partial charge in [-0.15, -0.1) is 0 Å². The van der Waals surface area contributed by atoms with Crippen LogP contribution in [0.3, 0.4) is 0 Å². The average molecular weight is 278 g/mol. The molecular formula is C12H17F3N2O2. The van der Waals surface area contributed by atoms with Crippen LogP contribution in [0.25, 0.3) is 0 Å². The summed E-state index contributed by atoms with van der Waals surface area (Å²) in [5.41, 5.74) is 0. The molecule has 0 saturated carbocycles. The topological polar surface area (TPSA) is 40.6 Å². The van der Waals surface area contributed by atoms with Crippen molar-refractivity contribution in [3.8, 4) is 0 Å². The van der Waals surface area contributed by atoms with Crippen LogP contribution >= 0.6 is 0 Å². The van der Waals surface area contributed by atoms with Crippen molar-refractivity contribution in [2.45, 2.75) is 32.5 Å². The van der Waals surface area contributed by atoms with Crippen molar-refractivity contribution >= 4 is 11.8 Å². The van der Waals surface area contributed by atoms with E-state index in [0.29, 0.717) is 6.54 Å². The largest absolute Gasteiger partial charge is 0.397 e. The quantitative estimate of drug-likeness (QED) is 0.763. The number of carbonyl (C=O) groups is 2. The summed E-state index contributed by atoms with van der Waals surface area (Å²) in [5.74, 6) is -1.31. The zero-order chi connectivity index (χ0) is 14.4. The number of halogens is 3. The van der Waals surface area contributed by atoms with Crippen molar-refractivity contribution in [1.29, 1.82) is 0 Å². The van der Waals surface area contributed by atoms with Gasteiger partial charge in [-0.2, -0.15) is 13.2 Å². The summed E-state index contributed by atoms with van der Waals surface area (Å²) >= 11 is 0. The highest BCUT2D eigenvalue weighted by Crippen LogP contribution is 2.34. The van der Waals surface area contributed by atoms with Crippen molar-refractivity contribution in [3.63, 3.8) is 0 Å². The number of carbonyl (C=O) groups excluding carboxylic acids is 2. The molecule has 2 aliphatic heterocycles. The first-order valence-electron chi connectivity index (χ1n) is 6.34. The van der Waals surface area contributed by atoms with Gasteiger partial charge in [-0.05, 0) is 13.8 Å². The van der Waals surface area contributed by atoms with Crippen LogP contribution in [0.15, 0.2) is 0 Å². The molecule has 0 bridgehead atoms. The van der Waals surface area contributed by atoms with E-state index in [1.165, 1.54) is 4.90 Å². The van der Waals surface area contributed by atoms with Gasteiger partial charge in [-0.3, -0.25) is 9.59 Å². The molecule has 2 fully saturated rings. The number of nitrogens with zero attached hydrogens (tertiary/aromatic N) is 2. The molecule has 0 N–H and O–H groups in total. The number of rotatable bonds is 2. The van der Waals surface area contributed by atoms with Crippen molar-refractivity contribution < 1.29 is 22.8 Å². The Hall–Kier alpha value is -1.27. The maximum absolute atomic E-state index is 12.2. The molecule has 2 rings (SSSR count). The third kappa shape index (κ3) is 2.84. The molecule has 0 unspecified atom stereocenters. The number of hydrogen-bond donors (Lipinski definition) is 0. The highest BCUT2D eigenvalue weighted by Gasteiger charge is 2.48. The molecule has 4 nitrogen and oxygen atoms in total. The van der Waals surface area contributed by atoms with Crippen molar-refractivity contribution in [2.75, 3.05) is 19.6 Å². The summed E-state index contributed by atoms with van der Waals surface area (Å²) in [5, 5.41) is 0. The maximum Gasteiger partial charge on any atom is 0.397 e. The minimum atomic E-state index is -4.48. The van der Waals surface area contributed by atoms with E-state index in [1.54, 1.807) is 4.90 Å². The number of alkyl halides is 3. The van der Waals surface area contributed by atoms with E-state index in [2.05, 4.69) is 0 Å². The number of hydrogen-bond acceptors (Lipinski definition) is 2. The summed E-state index contributed by atoms with van der Waals surface area (Å²) in [4.78, 5) is 26.5.